The zero-order valence-corrected chi connectivity index (χ0v) is 15.8. The predicted octanol–water partition coefficient (Wildman–Crippen LogP) is 4.66. The SMILES string of the molecule is CCCc1n[nH]c(=S)n1/N=C/c1ccc(OCc2ccccc2C)cc1. The monoisotopic (exact) mass is 366 g/mol. The van der Waals surface area contributed by atoms with Crippen molar-refractivity contribution in [3.63, 3.8) is 0 Å². The van der Waals surface area contributed by atoms with Crippen molar-refractivity contribution in [3.8, 4) is 5.75 Å². The lowest BCUT2D eigenvalue weighted by molar-refractivity contribution is 0.305. The number of aromatic amines is 1. The summed E-state index contributed by atoms with van der Waals surface area (Å²) in [7, 11) is 0. The van der Waals surface area contributed by atoms with Crippen molar-refractivity contribution in [2.45, 2.75) is 33.3 Å². The van der Waals surface area contributed by atoms with Gasteiger partial charge in [-0.1, -0.05) is 31.2 Å². The molecule has 1 aromatic heterocycles. The van der Waals surface area contributed by atoms with Crippen molar-refractivity contribution in [3.05, 3.63) is 75.8 Å². The molecule has 6 heteroatoms. The first-order valence-corrected chi connectivity index (χ1v) is 9.06. The van der Waals surface area contributed by atoms with Crippen molar-refractivity contribution in [2.75, 3.05) is 0 Å². The molecule has 5 nitrogen and oxygen atoms in total. The van der Waals surface area contributed by atoms with Gasteiger partial charge in [0, 0.05) is 6.42 Å². The minimum absolute atomic E-state index is 0.503. The molecule has 3 aromatic rings. The maximum atomic E-state index is 5.87. The summed E-state index contributed by atoms with van der Waals surface area (Å²) in [6.07, 6.45) is 3.59. The van der Waals surface area contributed by atoms with Crippen LogP contribution in [0.25, 0.3) is 0 Å². The topological polar surface area (TPSA) is 55.2 Å². The Labute approximate surface area is 158 Å². The standard InChI is InChI=1S/C20H22N4OS/c1-3-6-19-22-23-20(26)24(19)21-13-16-9-11-18(12-10-16)25-14-17-8-5-4-7-15(17)2/h4-5,7-13H,3,6,14H2,1-2H3,(H,23,26)/b21-13+. The molecule has 0 fully saturated rings. The lowest BCUT2D eigenvalue weighted by Crippen LogP contribution is -1.99. The molecular formula is C20H22N4OS. The maximum Gasteiger partial charge on any atom is 0.216 e. The van der Waals surface area contributed by atoms with Gasteiger partial charge in [-0.25, -0.2) is 0 Å². The summed E-state index contributed by atoms with van der Waals surface area (Å²) in [5, 5.41) is 11.4. The van der Waals surface area contributed by atoms with Gasteiger partial charge in [0.05, 0.1) is 6.21 Å². The second-order valence-electron chi connectivity index (χ2n) is 6.04. The fraction of sp³-hybridized carbons (Fsp3) is 0.250. The van der Waals surface area contributed by atoms with Gasteiger partial charge in [-0.2, -0.15) is 14.9 Å². The van der Waals surface area contributed by atoms with E-state index in [2.05, 4.69) is 41.3 Å². The fourth-order valence-corrected chi connectivity index (χ4v) is 2.73. The van der Waals surface area contributed by atoms with Crippen molar-refractivity contribution in [1.82, 2.24) is 14.9 Å². The molecule has 0 saturated heterocycles. The average Bonchev–Trinajstić information content (AvgIpc) is 3.00. The second kappa shape index (κ2) is 8.58. The first-order valence-electron chi connectivity index (χ1n) is 8.65. The molecule has 0 amide bonds. The number of aromatic nitrogens is 3. The summed E-state index contributed by atoms with van der Waals surface area (Å²) in [5.41, 5.74) is 3.39. The lowest BCUT2D eigenvalue weighted by atomic mass is 10.1. The number of ether oxygens (including phenoxy) is 1. The van der Waals surface area contributed by atoms with E-state index in [1.165, 1.54) is 11.1 Å². The smallest absolute Gasteiger partial charge is 0.216 e. The van der Waals surface area contributed by atoms with Gasteiger partial charge in [0.2, 0.25) is 4.77 Å². The number of hydrogen-bond donors (Lipinski definition) is 1. The van der Waals surface area contributed by atoms with E-state index in [4.69, 9.17) is 17.0 Å². The summed E-state index contributed by atoms with van der Waals surface area (Å²) < 4.78 is 8.04. The Morgan fingerprint density at radius 3 is 2.69 bits per heavy atom. The van der Waals surface area contributed by atoms with Crippen LogP contribution in [-0.4, -0.2) is 21.1 Å². The van der Waals surface area contributed by atoms with Crippen LogP contribution < -0.4 is 4.74 Å². The fourth-order valence-electron chi connectivity index (χ4n) is 2.54. The molecule has 3 rings (SSSR count). The van der Waals surface area contributed by atoms with Crippen LogP contribution in [0.4, 0.5) is 0 Å². The molecule has 0 unspecified atom stereocenters. The lowest BCUT2D eigenvalue weighted by Gasteiger charge is -2.08. The van der Waals surface area contributed by atoms with Crippen molar-refractivity contribution < 1.29 is 4.74 Å². The van der Waals surface area contributed by atoms with Gasteiger partial charge >= 0.3 is 0 Å². The third-order valence-electron chi connectivity index (χ3n) is 4.05. The van der Waals surface area contributed by atoms with Gasteiger partial charge in [-0.15, -0.1) is 0 Å². The van der Waals surface area contributed by atoms with Gasteiger partial charge in [-0.05, 0) is 66.5 Å². The molecule has 0 aliphatic heterocycles. The third kappa shape index (κ3) is 4.46. The molecule has 0 saturated carbocycles. The molecular weight excluding hydrogens is 344 g/mol. The molecule has 2 aromatic carbocycles. The molecule has 0 spiro atoms. The van der Waals surface area contributed by atoms with Crippen LogP contribution in [-0.2, 0) is 13.0 Å². The highest BCUT2D eigenvalue weighted by atomic mass is 32.1. The number of hydrogen-bond acceptors (Lipinski definition) is 4. The van der Waals surface area contributed by atoms with Gasteiger partial charge in [0.15, 0.2) is 5.82 Å². The number of H-pyrrole nitrogens is 1. The number of nitrogens with one attached hydrogen (secondary N) is 1. The van der Waals surface area contributed by atoms with E-state index in [9.17, 15) is 0 Å². The van der Waals surface area contributed by atoms with Crippen molar-refractivity contribution in [1.29, 1.82) is 0 Å². The van der Waals surface area contributed by atoms with E-state index in [0.29, 0.717) is 11.4 Å². The van der Waals surface area contributed by atoms with Crippen LogP contribution >= 0.6 is 12.2 Å². The minimum atomic E-state index is 0.503. The summed E-state index contributed by atoms with van der Waals surface area (Å²) >= 11 is 5.23. The molecule has 0 bridgehead atoms. The first kappa shape index (κ1) is 18.1. The zero-order chi connectivity index (χ0) is 18.4. The van der Waals surface area contributed by atoms with Gasteiger partial charge in [0.1, 0.15) is 12.4 Å². The Bertz CT molecular complexity index is 941. The normalized spacial score (nSPS) is 11.2. The molecule has 134 valence electrons. The first-order chi connectivity index (χ1) is 12.7. The van der Waals surface area contributed by atoms with Crippen LogP contribution in [0.2, 0.25) is 0 Å². The van der Waals surface area contributed by atoms with E-state index in [1.54, 1.807) is 10.9 Å². The highest BCUT2D eigenvalue weighted by Crippen LogP contribution is 2.15. The van der Waals surface area contributed by atoms with E-state index in [1.807, 2.05) is 36.4 Å². The van der Waals surface area contributed by atoms with Crippen LogP contribution in [0.3, 0.4) is 0 Å². The Hall–Kier alpha value is -2.73. The maximum absolute atomic E-state index is 5.87. The largest absolute Gasteiger partial charge is 0.489 e. The molecule has 0 atom stereocenters. The Morgan fingerprint density at radius 1 is 1.19 bits per heavy atom. The van der Waals surface area contributed by atoms with Gasteiger partial charge < -0.3 is 4.74 Å². The predicted molar refractivity (Wildman–Crippen MR) is 106 cm³/mol. The average molecular weight is 366 g/mol. The van der Waals surface area contributed by atoms with Crippen molar-refractivity contribution >= 4 is 18.4 Å². The summed E-state index contributed by atoms with van der Waals surface area (Å²) in [4.78, 5) is 0. The van der Waals surface area contributed by atoms with E-state index < -0.39 is 0 Å². The third-order valence-corrected chi connectivity index (χ3v) is 4.31. The Balaban J connectivity index is 1.65. The van der Waals surface area contributed by atoms with Gasteiger partial charge in [-0.3, -0.25) is 5.10 Å². The summed E-state index contributed by atoms with van der Waals surface area (Å²) in [6, 6.07) is 16.1. The van der Waals surface area contributed by atoms with Gasteiger partial charge in [0.25, 0.3) is 0 Å². The molecule has 0 aliphatic carbocycles. The van der Waals surface area contributed by atoms with Crippen molar-refractivity contribution in [2.24, 2.45) is 5.10 Å². The number of rotatable bonds is 7. The highest BCUT2D eigenvalue weighted by molar-refractivity contribution is 7.71. The zero-order valence-electron chi connectivity index (χ0n) is 15.0. The van der Waals surface area contributed by atoms with E-state index in [-0.39, 0.29) is 0 Å². The molecule has 26 heavy (non-hydrogen) atoms. The van der Waals surface area contributed by atoms with E-state index in [0.717, 1.165) is 30.0 Å². The summed E-state index contributed by atoms with van der Waals surface area (Å²) in [6.45, 7) is 4.75. The minimum Gasteiger partial charge on any atom is -0.489 e. The molecule has 0 aliphatic rings. The molecule has 1 heterocycles. The summed E-state index contributed by atoms with van der Waals surface area (Å²) in [5.74, 6) is 1.67. The Morgan fingerprint density at radius 2 is 1.96 bits per heavy atom. The Kier molecular flexibility index (Phi) is 5.96. The number of aryl methyl sites for hydroxylation is 2. The van der Waals surface area contributed by atoms with Crippen LogP contribution in [0.1, 0.15) is 35.9 Å². The van der Waals surface area contributed by atoms with Crippen LogP contribution in [0.5, 0.6) is 5.75 Å². The molecule has 0 radical (unpaired) electrons. The molecule has 1 N–H and O–H groups in total. The quantitative estimate of drug-likeness (QED) is 0.489. The highest BCUT2D eigenvalue weighted by Gasteiger charge is 2.03. The second-order valence-corrected chi connectivity index (χ2v) is 6.42. The van der Waals surface area contributed by atoms with Crippen LogP contribution in [0.15, 0.2) is 53.6 Å². The number of benzene rings is 2. The van der Waals surface area contributed by atoms with E-state index >= 15 is 0 Å². The number of nitrogens with zero attached hydrogens (tertiary/aromatic N) is 3. The van der Waals surface area contributed by atoms with Crippen LogP contribution in [0, 0.1) is 11.7 Å².